The summed E-state index contributed by atoms with van der Waals surface area (Å²) in [6, 6.07) is 3.79. The molecule has 0 radical (unpaired) electrons. The molecule has 0 aromatic heterocycles. The zero-order valence-corrected chi connectivity index (χ0v) is 13.2. The van der Waals surface area contributed by atoms with Gasteiger partial charge >= 0.3 is 0 Å². The van der Waals surface area contributed by atoms with Gasteiger partial charge in [0, 0.05) is 29.4 Å². The number of amides is 1. The molecule has 2 N–H and O–H groups in total. The van der Waals surface area contributed by atoms with Crippen molar-refractivity contribution in [1.82, 2.24) is 5.32 Å². The first kappa shape index (κ1) is 16.4. The summed E-state index contributed by atoms with van der Waals surface area (Å²) in [5, 5.41) is 12.6. The SMILES string of the molecule is O=C(NCC1(CO)CCCCC1)[C@H]1C[C@@H]1c1c(F)cccc1F. The molecule has 0 heterocycles. The molecule has 3 rings (SSSR count). The number of rotatable bonds is 5. The second kappa shape index (κ2) is 6.56. The second-order valence-corrected chi connectivity index (χ2v) is 7.02. The number of halogens is 2. The minimum absolute atomic E-state index is 0.0298. The molecule has 2 atom stereocenters. The Morgan fingerprint density at radius 2 is 1.87 bits per heavy atom. The first-order chi connectivity index (χ1) is 11.1. The monoisotopic (exact) mass is 323 g/mol. The van der Waals surface area contributed by atoms with Gasteiger partial charge in [-0.05, 0) is 31.4 Å². The van der Waals surface area contributed by atoms with Gasteiger partial charge in [-0.1, -0.05) is 25.3 Å². The molecule has 23 heavy (non-hydrogen) atoms. The predicted molar refractivity (Wildman–Crippen MR) is 82.8 cm³/mol. The number of hydrogen-bond donors (Lipinski definition) is 2. The van der Waals surface area contributed by atoms with E-state index >= 15 is 0 Å². The van der Waals surface area contributed by atoms with Crippen molar-refractivity contribution >= 4 is 5.91 Å². The number of carbonyl (C=O) groups excluding carboxylic acids is 1. The van der Waals surface area contributed by atoms with Gasteiger partial charge < -0.3 is 10.4 Å². The van der Waals surface area contributed by atoms with Crippen LogP contribution in [-0.2, 0) is 4.79 Å². The molecule has 2 fully saturated rings. The lowest BCUT2D eigenvalue weighted by molar-refractivity contribution is -0.123. The highest BCUT2D eigenvalue weighted by Gasteiger charge is 2.47. The fourth-order valence-electron chi connectivity index (χ4n) is 3.77. The van der Waals surface area contributed by atoms with Crippen molar-refractivity contribution in [3.8, 4) is 0 Å². The van der Waals surface area contributed by atoms with Gasteiger partial charge in [0.05, 0.1) is 6.61 Å². The van der Waals surface area contributed by atoms with E-state index in [4.69, 9.17) is 0 Å². The number of nitrogens with one attached hydrogen (secondary N) is 1. The van der Waals surface area contributed by atoms with Gasteiger partial charge in [0.1, 0.15) is 11.6 Å². The highest BCUT2D eigenvalue weighted by molar-refractivity contribution is 5.83. The maximum Gasteiger partial charge on any atom is 0.223 e. The van der Waals surface area contributed by atoms with Crippen LogP contribution in [0.15, 0.2) is 18.2 Å². The third kappa shape index (κ3) is 3.39. The molecule has 3 nitrogen and oxygen atoms in total. The van der Waals surface area contributed by atoms with Crippen molar-refractivity contribution in [1.29, 1.82) is 0 Å². The van der Waals surface area contributed by atoms with Gasteiger partial charge in [-0.25, -0.2) is 8.78 Å². The average Bonchev–Trinajstić information content (AvgIpc) is 3.34. The van der Waals surface area contributed by atoms with Crippen LogP contribution >= 0.6 is 0 Å². The van der Waals surface area contributed by atoms with Crippen LogP contribution in [0.3, 0.4) is 0 Å². The zero-order chi connectivity index (χ0) is 16.4. The van der Waals surface area contributed by atoms with Gasteiger partial charge in [-0.3, -0.25) is 4.79 Å². The Balaban J connectivity index is 1.58. The van der Waals surface area contributed by atoms with E-state index in [0.29, 0.717) is 13.0 Å². The highest BCUT2D eigenvalue weighted by Crippen LogP contribution is 2.49. The molecule has 1 aromatic carbocycles. The number of hydrogen-bond acceptors (Lipinski definition) is 2. The highest BCUT2D eigenvalue weighted by atomic mass is 19.1. The molecule has 0 bridgehead atoms. The summed E-state index contributed by atoms with van der Waals surface area (Å²) >= 11 is 0. The third-order valence-corrected chi connectivity index (χ3v) is 5.38. The quantitative estimate of drug-likeness (QED) is 0.875. The van der Waals surface area contributed by atoms with E-state index in [1.54, 1.807) is 0 Å². The Labute approximate surface area is 135 Å². The summed E-state index contributed by atoms with van der Waals surface area (Å²) in [5.41, 5.74) is -0.191. The van der Waals surface area contributed by atoms with Gasteiger partial charge in [-0.15, -0.1) is 0 Å². The summed E-state index contributed by atoms with van der Waals surface area (Å²) in [6.07, 6.45) is 5.63. The second-order valence-electron chi connectivity index (χ2n) is 7.02. The lowest BCUT2D eigenvalue weighted by atomic mass is 9.74. The Bertz CT molecular complexity index is 564. The first-order valence-electron chi connectivity index (χ1n) is 8.39. The lowest BCUT2D eigenvalue weighted by Gasteiger charge is -2.35. The van der Waals surface area contributed by atoms with E-state index in [9.17, 15) is 18.7 Å². The molecule has 1 amide bonds. The molecule has 0 saturated heterocycles. The average molecular weight is 323 g/mol. The molecule has 2 aliphatic rings. The van der Waals surface area contributed by atoms with Crippen LogP contribution in [0.25, 0.3) is 0 Å². The van der Waals surface area contributed by atoms with Gasteiger partial charge in [0.15, 0.2) is 0 Å². The van der Waals surface area contributed by atoms with E-state index in [0.717, 1.165) is 25.7 Å². The van der Waals surface area contributed by atoms with Gasteiger partial charge in [0.2, 0.25) is 5.91 Å². The standard InChI is InChI=1S/C18H23F2NO2/c19-14-5-4-6-15(20)16(14)12-9-13(12)17(23)21-10-18(11-22)7-2-1-3-8-18/h4-6,12-13,22H,1-3,7-11H2,(H,21,23)/t12-,13-/m0/s1. The summed E-state index contributed by atoms with van der Waals surface area (Å²) in [6.45, 7) is 0.522. The van der Waals surface area contributed by atoms with E-state index < -0.39 is 11.6 Å². The van der Waals surface area contributed by atoms with E-state index in [1.807, 2.05) is 0 Å². The topological polar surface area (TPSA) is 49.3 Å². The van der Waals surface area contributed by atoms with Gasteiger partial charge in [-0.2, -0.15) is 0 Å². The van der Waals surface area contributed by atoms with Crippen LogP contribution in [0, 0.1) is 23.0 Å². The summed E-state index contributed by atoms with van der Waals surface area (Å²) in [7, 11) is 0. The summed E-state index contributed by atoms with van der Waals surface area (Å²) in [4.78, 5) is 12.3. The van der Waals surface area contributed by atoms with Crippen molar-refractivity contribution in [3.05, 3.63) is 35.4 Å². The zero-order valence-electron chi connectivity index (χ0n) is 13.2. The van der Waals surface area contributed by atoms with Crippen LogP contribution in [0.5, 0.6) is 0 Å². The van der Waals surface area contributed by atoms with Crippen LogP contribution in [0.1, 0.15) is 50.0 Å². The normalized spacial score (nSPS) is 25.9. The Morgan fingerprint density at radius 1 is 1.22 bits per heavy atom. The molecule has 0 aliphatic heterocycles. The minimum Gasteiger partial charge on any atom is -0.396 e. The molecular weight excluding hydrogens is 300 g/mol. The van der Waals surface area contributed by atoms with E-state index in [-0.39, 0.29) is 35.3 Å². The van der Waals surface area contributed by atoms with Crippen molar-refractivity contribution in [2.24, 2.45) is 11.3 Å². The lowest BCUT2D eigenvalue weighted by Crippen LogP contribution is -2.42. The number of carbonyl (C=O) groups is 1. The van der Waals surface area contributed by atoms with Crippen molar-refractivity contribution in [3.63, 3.8) is 0 Å². The predicted octanol–water partition coefficient (Wildman–Crippen LogP) is 3.13. The first-order valence-corrected chi connectivity index (χ1v) is 8.39. The van der Waals surface area contributed by atoms with Crippen molar-refractivity contribution in [2.75, 3.05) is 13.2 Å². The Kier molecular flexibility index (Phi) is 4.67. The van der Waals surface area contributed by atoms with Crippen molar-refractivity contribution in [2.45, 2.75) is 44.4 Å². The fourth-order valence-corrected chi connectivity index (χ4v) is 3.77. The molecule has 0 spiro atoms. The molecule has 0 unspecified atom stereocenters. The summed E-state index contributed by atoms with van der Waals surface area (Å²) in [5.74, 6) is -2.04. The Morgan fingerprint density at radius 3 is 2.48 bits per heavy atom. The molecule has 1 aromatic rings. The van der Waals surface area contributed by atoms with Crippen LogP contribution in [0.2, 0.25) is 0 Å². The molecular formula is C18H23F2NO2. The van der Waals surface area contributed by atoms with Crippen LogP contribution in [-0.4, -0.2) is 24.2 Å². The number of benzene rings is 1. The maximum absolute atomic E-state index is 13.8. The molecule has 5 heteroatoms. The maximum atomic E-state index is 13.8. The number of aliphatic hydroxyl groups is 1. The largest absolute Gasteiger partial charge is 0.396 e. The van der Waals surface area contributed by atoms with Crippen molar-refractivity contribution < 1.29 is 18.7 Å². The minimum atomic E-state index is -0.579. The van der Waals surface area contributed by atoms with Crippen LogP contribution in [0.4, 0.5) is 8.78 Å². The third-order valence-electron chi connectivity index (χ3n) is 5.38. The van der Waals surface area contributed by atoms with E-state index in [1.165, 1.54) is 24.6 Å². The Hall–Kier alpha value is -1.49. The smallest absolute Gasteiger partial charge is 0.223 e. The van der Waals surface area contributed by atoms with Crippen LogP contribution < -0.4 is 5.32 Å². The fraction of sp³-hybridized carbons (Fsp3) is 0.611. The molecule has 126 valence electrons. The molecule has 2 aliphatic carbocycles. The summed E-state index contributed by atoms with van der Waals surface area (Å²) < 4.78 is 27.5. The van der Waals surface area contributed by atoms with Gasteiger partial charge in [0.25, 0.3) is 0 Å². The number of aliphatic hydroxyl groups excluding tert-OH is 1. The van der Waals surface area contributed by atoms with E-state index in [2.05, 4.69) is 5.32 Å². The molecule has 2 saturated carbocycles.